The number of rotatable bonds is 7. The zero-order valence-corrected chi connectivity index (χ0v) is 20.3. The van der Waals surface area contributed by atoms with Crippen molar-refractivity contribution < 1.29 is 23.9 Å². The van der Waals surface area contributed by atoms with E-state index in [4.69, 9.17) is 9.47 Å². The van der Waals surface area contributed by atoms with E-state index in [1.54, 1.807) is 47.7 Å². The number of unbranched alkanes of at least 4 members (excludes halogenated alkanes) is 2. The van der Waals surface area contributed by atoms with Crippen LogP contribution in [0.1, 0.15) is 71.3 Å². The molecule has 2 rings (SSSR count). The minimum absolute atomic E-state index is 0.159. The molecule has 33 heavy (non-hydrogen) atoms. The fourth-order valence-corrected chi connectivity index (χ4v) is 2.94. The van der Waals surface area contributed by atoms with Crippen molar-refractivity contribution in [1.82, 2.24) is 20.4 Å². The lowest BCUT2D eigenvalue weighted by Crippen LogP contribution is -2.44. The highest BCUT2D eigenvalue weighted by Gasteiger charge is 2.30. The molecule has 2 aromatic rings. The first-order chi connectivity index (χ1) is 15.4. The third-order valence-electron chi connectivity index (χ3n) is 4.36. The van der Waals surface area contributed by atoms with Crippen molar-refractivity contribution in [2.75, 3.05) is 13.1 Å². The topological polar surface area (TPSA) is 111 Å². The first-order valence-electron chi connectivity index (χ1n) is 11.1. The first kappa shape index (κ1) is 26.0. The monoisotopic (exact) mass is 458 g/mol. The Labute approximate surface area is 194 Å². The summed E-state index contributed by atoms with van der Waals surface area (Å²) in [6.45, 7) is 11.0. The van der Waals surface area contributed by atoms with Gasteiger partial charge in [0.15, 0.2) is 5.69 Å². The zero-order valence-electron chi connectivity index (χ0n) is 20.3. The lowest BCUT2D eigenvalue weighted by Gasteiger charge is -2.28. The van der Waals surface area contributed by atoms with Crippen LogP contribution in [0.3, 0.4) is 0 Å². The number of carbonyl (C=O) groups excluding carboxylic acids is 3. The smallest absolute Gasteiger partial charge is 0.419 e. The second kappa shape index (κ2) is 11.1. The van der Waals surface area contributed by atoms with Crippen LogP contribution in [0.2, 0.25) is 0 Å². The normalized spacial score (nSPS) is 11.7. The van der Waals surface area contributed by atoms with Gasteiger partial charge < -0.3 is 14.8 Å². The molecule has 0 atom stereocenters. The van der Waals surface area contributed by atoms with Crippen LogP contribution in [0.15, 0.2) is 30.5 Å². The molecular formula is C24H34N4O5. The van der Waals surface area contributed by atoms with E-state index < -0.39 is 23.4 Å². The lowest BCUT2D eigenvalue weighted by molar-refractivity contribution is 0.00119. The van der Waals surface area contributed by atoms with Crippen LogP contribution < -0.4 is 5.32 Å². The van der Waals surface area contributed by atoms with Crippen molar-refractivity contribution in [3.63, 3.8) is 0 Å². The SMILES string of the molecule is CC(C)(C)OC(=O)N(CCCCCNC(=O)c1nncc2ccccc12)C(=O)OC(C)(C)C. The molecule has 0 saturated heterocycles. The summed E-state index contributed by atoms with van der Waals surface area (Å²) in [7, 11) is 0. The van der Waals surface area contributed by atoms with Gasteiger partial charge in [0, 0.05) is 23.9 Å². The van der Waals surface area contributed by atoms with E-state index in [1.807, 2.05) is 24.3 Å². The van der Waals surface area contributed by atoms with Crippen LogP contribution in [0, 0.1) is 0 Å². The molecule has 1 N–H and O–H groups in total. The van der Waals surface area contributed by atoms with Gasteiger partial charge in [0.2, 0.25) is 0 Å². The maximum Gasteiger partial charge on any atom is 0.419 e. The molecule has 0 radical (unpaired) electrons. The summed E-state index contributed by atoms with van der Waals surface area (Å²) in [6, 6.07) is 7.44. The Morgan fingerprint density at radius 3 is 2.12 bits per heavy atom. The predicted octanol–water partition coefficient (Wildman–Crippen LogP) is 4.70. The molecule has 0 unspecified atom stereocenters. The highest BCUT2D eigenvalue weighted by Crippen LogP contribution is 2.16. The summed E-state index contributed by atoms with van der Waals surface area (Å²) < 4.78 is 10.7. The molecular weight excluding hydrogens is 424 g/mol. The number of nitrogens with one attached hydrogen (secondary N) is 1. The molecule has 0 fully saturated rings. The quantitative estimate of drug-likeness (QED) is 0.599. The van der Waals surface area contributed by atoms with Crippen LogP contribution in [-0.4, -0.2) is 57.5 Å². The van der Waals surface area contributed by atoms with Crippen LogP contribution in [0.4, 0.5) is 9.59 Å². The molecule has 0 bridgehead atoms. The van der Waals surface area contributed by atoms with E-state index in [2.05, 4.69) is 15.5 Å². The number of hydrogen-bond donors (Lipinski definition) is 1. The number of aromatic nitrogens is 2. The van der Waals surface area contributed by atoms with E-state index >= 15 is 0 Å². The average Bonchev–Trinajstić information content (AvgIpc) is 2.69. The summed E-state index contributed by atoms with van der Waals surface area (Å²) in [5, 5.41) is 12.3. The summed E-state index contributed by atoms with van der Waals surface area (Å²) in [5.41, 5.74) is -1.17. The molecule has 9 nitrogen and oxygen atoms in total. The highest BCUT2D eigenvalue weighted by molar-refractivity contribution is 6.04. The van der Waals surface area contributed by atoms with Gasteiger partial charge in [-0.1, -0.05) is 24.3 Å². The lowest BCUT2D eigenvalue weighted by atomic mass is 10.1. The van der Waals surface area contributed by atoms with Crippen LogP contribution in [0.5, 0.6) is 0 Å². The molecule has 0 aliphatic carbocycles. The summed E-state index contributed by atoms with van der Waals surface area (Å²) >= 11 is 0. The number of ether oxygens (including phenoxy) is 2. The zero-order chi connectivity index (χ0) is 24.6. The Kier molecular flexibility index (Phi) is 8.73. The number of carbonyl (C=O) groups is 3. The van der Waals surface area contributed by atoms with E-state index in [-0.39, 0.29) is 18.1 Å². The molecule has 0 aliphatic heterocycles. The Morgan fingerprint density at radius 1 is 0.909 bits per heavy atom. The second-order valence-electron chi connectivity index (χ2n) is 9.71. The van der Waals surface area contributed by atoms with Crippen molar-refractivity contribution in [2.24, 2.45) is 0 Å². The van der Waals surface area contributed by atoms with E-state index in [0.717, 1.165) is 15.7 Å². The molecule has 0 spiro atoms. The molecule has 1 heterocycles. The summed E-state index contributed by atoms with van der Waals surface area (Å²) in [5.74, 6) is -0.288. The molecule has 180 valence electrons. The van der Waals surface area contributed by atoms with Gasteiger partial charge in [-0.05, 0) is 60.8 Å². The van der Waals surface area contributed by atoms with Gasteiger partial charge in [0.05, 0.1) is 6.20 Å². The number of amides is 3. The Morgan fingerprint density at radius 2 is 1.52 bits per heavy atom. The maximum atomic E-state index is 12.5. The first-order valence-corrected chi connectivity index (χ1v) is 11.1. The van der Waals surface area contributed by atoms with Gasteiger partial charge in [-0.15, -0.1) is 5.10 Å². The largest absolute Gasteiger partial charge is 0.443 e. The number of fused-ring (bicyclic) bond motifs is 1. The van der Waals surface area contributed by atoms with Gasteiger partial charge in [0.1, 0.15) is 11.2 Å². The fourth-order valence-electron chi connectivity index (χ4n) is 2.94. The minimum Gasteiger partial charge on any atom is -0.443 e. The van der Waals surface area contributed by atoms with Crippen LogP contribution in [-0.2, 0) is 9.47 Å². The van der Waals surface area contributed by atoms with Crippen molar-refractivity contribution in [3.05, 3.63) is 36.2 Å². The average molecular weight is 459 g/mol. The standard InChI is InChI=1S/C24H34N4O5/c1-23(2,3)32-21(30)28(22(31)33-24(4,5)6)15-11-7-10-14-25-20(29)19-18-13-9-8-12-17(18)16-26-27-19/h8-9,12-13,16H,7,10-11,14-15H2,1-6H3,(H,25,29). The van der Waals surface area contributed by atoms with E-state index in [0.29, 0.717) is 25.8 Å². The summed E-state index contributed by atoms with van der Waals surface area (Å²) in [4.78, 5) is 38.5. The third kappa shape index (κ3) is 8.67. The van der Waals surface area contributed by atoms with Crippen LogP contribution >= 0.6 is 0 Å². The Bertz CT molecular complexity index is 945. The molecule has 9 heteroatoms. The predicted molar refractivity (Wildman–Crippen MR) is 125 cm³/mol. The minimum atomic E-state index is -0.736. The highest BCUT2D eigenvalue weighted by atomic mass is 16.6. The van der Waals surface area contributed by atoms with Gasteiger partial charge in [-0.25, -0.2) is 14.5 Å². The number of imide groups is 1. The van der Waals surface area contributed by atoms with Crippen molar-refractivity contribution in [2.45, 2.75) is 72.0 Å². The van der Waals surface area contributed by atoms with Gasteiger partial charge >= 0.3 is 12.2 Å². The van der Waals surface area contributed by atoms with Crippen molar-refractivity contribution >= 4 is 28.9 Å². The number of benzene rings is 1. The van der Waals surface area contributed by atoms with Gasteiger partial charge in [0.25, 0.3) is 5.91 Å². The van der Waals surface area contributed by atoms with Gasteiger partial charge in [-0.2, -0.15) is 5.10 Å². The molecule has 0 aliphatic rings. The maximum absolute atomic E-state index is 12.5. The van der Waals surface area contributed by atoms with Gasteiger partial charge in [-0.3, -0.25) is 4.79 Å². The van der Waals surface area contributed by atoms with E-state index in [1.165, 1.54) is 0 Å². The molecule has 1 aromatic carbocycles. The molecule has 1 aromatic heterocycles. The fraction of sp³-hybridized carbons (Fsp3) is 0.542. The van der Waals surface area contributed by atoms with E-state index in [9.17, 15) is 14.4 Å². The molecule has 3 amide bonds. The Hall–Kier alpha value is -3.23. The van der Waals surface area contributed by atoms with Crippen molar-refractivity contribution in [1.29, 1.82) is 0 Å². The van der Waals surface area contributed by atoms with Crippen LogP contribution in [0.25, 0.3) is 10.8 Å². The Balaban J connectivity index is 1.85. The van der Waals surface area contributed by atoms with Crippen molar-refractivity contribution in [3.8, 4) is 0 Å². The summed E-state index contributed by atoms with van der Waals surface area (Å²) in [6.07, 6.45) is 2.04. The second-order valence-corrected chi connectivity index (χ2v) is 9.71. The molecule has 0 saturated carbocycles. The number of hydrogen-bond acceptors (Lipinski definition) is 7. The third-order valence-corrected chi connectivity index (χ3v) is 4.36. The number of nitrogens with zero attached hydrogens (tertiary/aromatic N) is 3.